The molecule has 46 heavy (non-hydrogen) atoms. The van der Waals surface area contributed by atoms with E-state index in [1.165, 1.54) is 30.5 Å². The van der Waals surface area contributed by atoms with Crippen LogP contribution < -0.4 is 4.74 Å². The normalized spacial score (nSPS) is 17.8. The molecule has 0 saturated heterocycles. The van der Waals surface area contributed by atoms with E-state index in [4.69, 9.17) is 14.1 Å². The van der Waals surface area contributed by atoms with Gasteiger partial charge in [0.2, 0.25) is 5.89 Å². The van der Waals surface area contributed by atoms with Crippen LogP contribution in [-0.2, 0) is 17.6 Å². The molecular formula is C37H38F2N2O4S. The van der Waals surface area contributed by atoms with Crippen molar-refractivity contribution in [3.63, 3.8) is 0 Å². The number of nitrogens with one attached hydrogen (secondary N) is 1. The van der Waals surface area contributed by atoms with Crippen molar-refractivity contribution in [3.05, 3.63) is 101 Å². The SMILES string of the molecule is CC(Cc1cccc(C2CCCC(C)(C)CSCCc3c(c(F)cc4[nH]ccc34)Oc3ccc(F)c(c3)-c3coc2n3)c1)C(=O)O. The zero-order chi connectivity index (χ0) is 32.4. The second-order valence-electron chi connectivity index (χ2n) is 13.0. The molecule has 5 aromatic rings. The number of thioether (sulfide) groups is 1. The summed E-state index contributed by atoms with van der Waals surface area (Å²) in [6.45, 7) is 6.23. The molecule has 3 aromatic carbocycles. The van der Waals surface area contributed by atoms with Crippen molar-refractivity contribution in [3.8, 4) is 22.8 Å². The maximum atomic E-state index is 15.5. The lowest BCUT2D eigenvalue weighted by Gasteiger charge is -2.25. The summed E-state index contributed by atoms with van der Waals surface area (Å²) in [6.07, 6.45) is 6.90. The first-order chi connectivity index (χ1) is 22.1. The van der Waals surface area contributed by atoms with E-state index in [-0.39, 0.29) is 22.6 Å². The van der Waals surface area contributed by atoms with Gasteiger partial charge in [0.05, 0.1) is 11.8 Å². The first-order valence-electron chi connectivity index (χ1n) is 15.7. The third-order valence-electron chi connectivity index (χ3n) is 8.77. The summed E-state index contributed by atoms with van der Waals surface area (Å²) in [5.74, 6) is 0.0885. The highest BCUT2D eigenvalue weighted by atomic mass is 32.2. The number of ether oxygens (including phenoxy) is 1. The minimum Gasteiger partial charge on any atom is -0.481 e. The number of carboxylic acid groups (broad SMARTS) is 1. The van der Waals surface area contributed by atoms with E-state index >= 15 is 8.78 Å². The number of hydrogen-bond donors (Lipinski definition) is 2. The minimum absolute atomic E-state index is 0.0480. The fourth-order valence-corrected chi connectivity index (χ4v) is 7.42. The first-order valence-corrected chi connectivity index (χ1v) is 16.8. The van der Waals surface area contributed by atoms with E-state index in [2.05, 4.69) is 18.8 Å². The molecule has 0 amide bonds. The Kier molecular flexibility index (Phi) is 9.22. The Balaban J connectivity index is 1.40. The van der Waals surface area contributed by atoms with Crippen molar-refractivity contribution in [1.29, 1.82) is 0 Å². The minimum atomic E-state index is -0.837. The molecule has 0 radical (unpaired) electrons. The average molecular weight is 645 g/mol. The molecule has 0 aliphatic carbocycles. The van der Waals surface area contributed by atoms with E-state index in [1.54, 1.807) is 13.1 Å². The lowest BCUT2D eigenvalue weighted by molar-refractivity contribution is -0.141. The summed E-state index contributed by atoms with van der Waals surface area (Å²) in [6, 6.07) is 15.6. The van der Waals surface area contributed by atoms with Gasteiger partial charge >= 0.3 is 5.97 Å². The van der Waals surface area contributed by atoms with Crippen LogP contribution in [0.3, 0.4) is 0 Å². The molecule has 1 aliphatic heterocycles. The summed E-state index contributed by atoms with van der Waals surface area (Å²) in [5, 5.41) is 10.4. The van der Waals surface area contributed by atoms with Gasteiger partial charge in [0.1, 0.15) is 23.5 Å². The Morgan fingerprint density at radius 2 is 2.00 bits per heavy atom. The molecule has 1 aliphatic rings. The molecule has 2 atom stereocenters. The Hall–Kier alpha value is -4.11. The number of rotatable bonds is 4. The van der Waals surface area contributed by atoms with Crippen molar-refractivity contribution in [1.82, 2.24) is 9.97 Å². The van der Waals surface area contributed by atoms with Crippen molar-refractivity contribution in [2.24, 2.45) is 11.3 Å². The molecule has 0 fully saturated rings. The standard InChI is InChI=1S/C37H38F2N2O4S/c1-22(36(42)43)16-23-6-4-7-24(17-23)26-8-5-13-37(2,3)21-46-15-12-28-27-11-14-40-32(27)19-31(39)34(28)45-25-9-10-30(38)29(18-25)33-20-44-35(26)41-33/h4,6-7,9-11,14,17-20,22,26,40H,5,8,12-13,15-16,21H2,1-3H3,(H,42,43). The van der Waals surface area contributed by atoms with Crippen LogP contribution in [-0.4, -0.2) is 32.5 Å². The van der Waals surface area contributed by atoms with E-state index < -0.39 is 23.5 Å². The molecule has 2 unspecified atom stereocenters. The zero-order valence-electron chi connectivity index (χ0n) is 26.2. The van der Waals surface area contributed by atoms with Crippen LogP contribution in [0.15, 0.2) is 71.5 Å². The Morgan fingerprint density at radius 3 is 2.83 bits per heavy atom. The number of aliphatic carboxylic acids is 1. The Bertz CT molecular complexity index is 1860. The molecular weight excluding hydrogens is 606 g/mol. The maximum absolute atomic E-state index is 15.5. The number of H-pyrrole nitrogens is 1. The molecule has 4 bridgehead atoms. The number of aryl methyl sites for hydroxylation is 1. The van der Waals surface area contributed by atoms with Crippen molar-refractivity contribution in [2.45, 2.75) is 58.8 Å². The number of carboxylic acids is 1. The van der Waals surface area contributed by atoms with Crippen LogP contribution in [0.4, 0.5) is 8.78 Å². The van der Waals surface area contributed by atoms with Crippen LogP contribution in [0.1, 0.15) is 68.5 Å². The van der Waals surface area contributed by atoms with Gasteiger partial charge < -0.3 is 19.2 Å². The number of hydrogen-bond acceptors (Lipinski definition) is 5. The van der Waals surface area contributed by atoms with Gasteiger partial charge in [0.15, 0.2) is 11.6 Å². The summed E-state index contributed by atoms with van der Waals surface area (Å²) < 4.78 is 43.0. The van der Waals surface area contributed by atoms with Crippen LogP contribution in [0.5, 0.6) is 11.5 Å². The molecule has 240 valence electrons. The van der Waals surface area contributed by atoms with E-state index in [0.29, 0.717) is 35.7 Å². The topological polar surface area (TPSA) is 88.4 Å². The summed E-state index contributed by atoms with van der Waals surface area (Å²) >= 11 is 1.84. The fraction of sp³-hybridized carbons (Fsp3) is 0.351. The van der Waals surface area contributed by atoms with Crippen molar-refractivity contribution in [2.75, 3.05) is 11.5 Å². The molecule has 9 heteroatoms. The number of aromatic amines is 1. The van der Waals surface area contributed by atoms with Crippen LogP contribution in [0, 0.1) is 23.0 Å². The lowest BCUT2D eigenvalue weighted by Crippen LogP contribution is -2.16. The summed E-state index contributed by atoms with van der Waals surface area (Å²) in [5.41, 5.74) is 3.95. The van der Waals surface area contributed by atoms with E-state index in [9.17, 15) is 9.90 Å². The highest BCUT2D eigenvalue weighted by Gasteiger charge is 2.26. The average Bonchev–Trinajstić information content (AvgIpc) is 3.69. The van der Waals surface area contributed by atoms with Crippen molar-refractivity contribution >= 4 is 28.6 Å². The fourth-order valence-electron chi connectivity index (χ4n) is 6.23. The second-order valence-corrected chi connectivity index (χ2v) is 14.1. The van der Waals surface area contributed by atoms with Crippen LogP contribution in [0.2, 0.25) is 0 Å². The monoisotopic (exact) mass is 644 g/mol. The summed E-state index contributed by atoms with van der Waals surface area (Å²) in [7, 11) is 0. The highest BCUT2D eigenvalue weighted by Crippen LogP contribution is 2.39. The Labute approximate surface area is 271 Å². The molecule has 0 spiro atoms. The third-order valence-corrected chi connectivity index (χ3v) is 10.3. The molecule has 6 nitrogen and oxygen atoms in total. The summed E-state index contributed by atoms with van der Waals surface area (Å²) in [4.78, 5) is 19.4. The van der Waals surface area contributed by atoms with Gasteiger partial charge in [-0.25, -0.2) is 13.8 Å². The predicted molar refractivity (Wildman–Crippen MR) is 178 cm³/mol. The molecule has 2 N–H and O–H groups in total. The van der Waals surface area contributed by atoms with Crippen LogP contribution in [0.25, 0.3) is 22.2 Å². The quantitative estimate of drug-likeness (QED) is 0.203. The first kappa shape index (κ1) is 31.9. The second kappa shape index (κ2) is 13.3. The van der Waals surface area contributed by atoms with Crippen molar-refractivity contribution < 1.29 is 27.8 Å². The van der Waals surface area contributed by atoms with Gasteiger partial charge in [-0.1, -0.05) is 51.5 Å². The van der Waals surface area contributed by atoms with Gasteiger partial charge in [-0.3, -0.25) is 4.79 Å². The predicted octanol–water partition coefficient (Wildman–Crippen LogP) is 9.77. The zero-order valence-corrected chi connectivity index (χ0v) is 27.1. The van der Waals surface area contributed by atoms with E-state index in [1.807, 2.05) is 42.1 Å². The number of benzene rings is 3. The lowest BCUT2D eigenvalue weighted by atomic mass is 9.85. The largest absolute Gasteiger partial charge is 0.481 e. The number of halogens is 2. The third kappa shape index (κ3) is 6.99. The van der Waals surface area contributed by atoms with Gasteiger partial charge in [-0.05, 0) is 78.0 Å². The van der Waals surface area contributed by atoms with Crippen LogP contribution >= 0.6 is 11.8 Å². The maximum Gasteiger partial charge on any atom is 0.306 e. The smallest absolute Gasteiger partial charge is 0.306 e. The number of carbonyl (C=O) groups is 1. The molecule has 2 aromatic heterocycles. The van der Waals surface area contributed by atoms with Gasteiger partial charge in [0, 0.05) is 34.3 Å². The molecule has 6 rings (SSSR count). The number of fused-ring (bicyclic) bond motifs is 8. The number of oxazole rings is 1. The Morgan fingerprint density at radius 1 is 1.15 bits per heavy atom. The number of nitrogens with zero attached hydrogens (tertiary/aromatic N) is 1. The van der Waals surface area contributed by atoms with Gasteiger partial charge in [-0.2, -0.15) is 11.8 Å². The molecule has 0 saturated carbocycles. The van der Waals surface area contributed by atoms with Gasteiger partial charge in [0.25, 0.3) is 0 Å². The molecule has 3 heterocycles. The van der Waals surface area contributed by atoms with E-state index in [0.717, 1.165) is 52.8 Å². The van der Waals surface area contributed by atoms with Gasteiger partial charge in [-0.15, -0.1) is 0 Å². The number of aromatic nitrogens is 2. The highest BCUT2D eigenvalue weighted by molar-refractivity contribution is 7.99.